The van der Waals surface area contributed by atoms with Crippen molar-refractivity contribution in [3.63, 3.8) is 0 Å². The molecule has 1 heterocycles. The van der Waals surface area contributed by atoms with Crippen LogP contribution >= 0.6 is 0 Å². The van der Waals surface area contributed by atoms with Crippen molar-refractivity contribution in [3.05, 3.63) is 65.8 Å². The van der Waals surface area contributed by atoms with Gasteiger partial charge in [-0.3, -0.25) is 4.79 Å². The van der Waals surface area contributed by atoms with Crippen LogP contribution in [0.5, 0.6) is 5.75 Å². The Hall–Kier alpha value is -3.00. The highest BCUT2D eigenvalue weighted by Gasteiger charge is 2.29. The summed E-state index contributed by atoms with van der Waals surface area (Å²) in [5.41, 5.74) is -0.378. The van der Waals surface area contributed by atoms with Gasteiger partial charge in [0.1, 0.15) is 11.5 Å². The number of nitrogens with zero attached hydrogens (tertiary/aromatic N) is 1. The first-order chi connectivity index (χ1) is 13.0. The maximum Gasteiger partial charge on any atom is 0.255 e. The fraction of sp³-hybridized carbons (Fsp3) is 0.300. The summed E-state index contributed by atoms with van der Waals surface area (Å²) in [5.74, 6) is -2.28. The summed E-state index contributed by atoms with van der Waals surface area (Å²) in [5, 5.41) is 15.5. The van der Waals surface area contributed by atoms with Gasteiger partial charge in [-0.05, 0) is 45.9 Å². The van der Waals surface area contributed by atoms with Gasteiger partial charge in [-0.2, -0.15) is 0 Å². The summed E-state index contributed by atoms with van der Waals surface area (Å²) in [7, 11) is 0. The van der Waals surface area contributed by atoms with E-state index in [-0.39, 0.29) is 22.9 Å². The average Bonchev–Trinajstić information content (AvgIpc) is 2.96. The van der Waals surface area contributed by atoms with Crippen LogP contribution in [0.4, 0.5) is 8.78 Å². The molecule has 1 atom stereocenters. The van der Waals surface area contributed by atoms with Crippen molar-refractivity contribution in [2.24, 2.45) is 4.99 Å². The number of allylic oxidation sites excluding steroid dienone is 2. The molecule has 150 valence electrons. The van der Waals surface area contributed by atoms with Crippen molar-refractivity contribution in [1.29, 1.82) is 0 Å². The number of hydrogen-bond acceptors (Lipinski definition) is 5. The van der Waals surface area contributed by atoms with Crippen LogP contribution < -0.4 is 15.4 Å². The Morgan fingerprint density at radius 2 is 2.11 bits per heavy atom. The SMILES string of the molecule is C=C1NC=C(C(=O)N[C@@H](C)C(C)(C)O)C1=N/C(=C\C)Oc1ccc(F)cc1F. The van der Waals surface area contributed by atoms with E-state index in [0.717, 1.165) is 12.1 Å². The van der Waals surface area contributed by atoms with Crippen molar-refractivity contribution in [2.75, 3.05) is 0 Å². The maximum absolute atomic E-state index is 13.8. The van der Waals surface area contributed by atoms with E-state index in [1.54, 1.807) is 27.7 Å². The molecule has 0 spiro atoms. The zero-order chi connectivity index (χ0) is 21.1. The van der Waals surface area contributed by atoms with Gasteiger partial charge in [-0.15, -0.1) is 0 Å². The number of aliphatic hydroxyl groups is 1. The molecule has 3 N–H and O–H groups in total. The molecule has 6 nitrogen and oxygen atoms in total. The average molecular weight is 391 g/mol. The molecular weight excluding hydrogens is 368 g/mol. The Kier molecular flexibility index (Phi) is 6.35. The van der Waals surface area contributed by atoms with Gasteiger partial charge in [0.05, 0.1) is 22.9 Å². The minimum Gasteiger partial charge on any atom is -0.436 e. The lowest BCUT2D eigenvalue weighted by Crippen LogP contribution is -2.48. The van der Waals surface area contributed by atoms with Gasteiger partial charge in [-0.25, -0.2) is 13.8 Å². The predicted molar refractivity (Wildman–Crippen MR) is 102 cm³/mol. The number of carbonyl (C=O) groups excluding carboxylic acids is 1. The van der Waals surface area contributed by atoms with Crippen LogP contribution in [0.3, 0.4) is 0 Å². The van der Waals surface area contributed by atoms with Gasteiger partial charge in [0, 0.05) is 12.3 Å². The minimum absolute atomic E-state index is 0.000375. The molecule has 1 amide bonds. The highest BCUT2D eigenvalue weighted by molar-refractivity contribution is 6.29. The predicted octanol–water partition coefficient (Wildman–Crippen LogP) is 2.92. The minimum atomic E-state index is -1.12. The van der Waals surface area contributed by atoms with Gasteiger partial charge < -0.3 is 20.5 Å². The van der Waals surface area contributed by atoms with E-state index in [4.69, 9.17) is 4.74 Å². The molecule has 8 heteroatoms. The van der Waals surface area contributed by atoms with Crippen molar-refractivity contribution >= 4 is 11.6 Å². The number of aliphatic imine (C=N–C) groups is 1. The Morgan fingerprint density at radius 3 is 2.68 bits per heavy atom. The number of rotatable bonds is 6. The molecule has 2 rings (SSSR count). The van der Waals surface area contributed by atoms with E-state index in [1.165, 1.54) is 12.3 Å². The number of nitrogens with one attached hydrogen (secondary N) is 2. The molecule has 1 aromatic carbocycles. The van der Waals surface area contributed by atoms with Crippen LogP contribution in [-0.4, -0.2) is 28.4 Å². The topological polar surface area (TPSA) is 83.0 Å². The summed E-state index contributed by atoms with van der Waals surface area (Å²) in [6.45, 7) is 10.2. The molecule has 0 saturated heterocycles. The van der Waals surface area contributed by atoms with Crippen LogP contribution in [0.15, 0.2) is 59.2 Å². The van der Waals surface area contributed by atoms with Crippen molar-refractivity contribution < 1.29 is 23.4 Å². The molecule has 0 fully saturated rings. The van der Waals surface area contributed by atoms with Gasteiger partial charge >= 0.3 is 0 Å². The zero-order valence-corrected chi connectivity index (χ0v) is 16.1. The molecular formula is C20H23F2N3O3. The van der Waals surface area contributed by atoms with E-state index in [9.17, 15) is 18.7 Å². The molecule has 28 heavy (non-hydrogen) atoms. The summed E-state index contributed by atoms with van der Waals surface area (Å²) < 4.78 is 32.3. The summed E-state index contributed by atoms with van der Waals surface area (Å²) in [4.78, 5) is 16.8. The van der Waals surface area contributed by atoms with Crippen LogP contribution in [0, 0.1) is 11.6 Å². The Bertz CT molecular complexity index is 883. The van der Waals surface area contributed by atoms with Crippen LogP contribution in [0.2, 0.25) is 0 Å². The largest absolute Gasteiger partial charge is 0.436 e. The number of amides is 1. The molecule has 0 radical (unpaired) electrons. The lowest BCUT2D eigenvalue weighted by atomic mass is 10.00. The number of ether oxygens (including phenoxy) is 1. The Balaban J connectivity index is 2.24. The molecule has 0 saturated carbocycles. The normalized spacial score (nSPS) is 17.2. The fourth-order valence-corrected chi connectivity index (χ4v) is 2.14. The standard InChI is InChI=1S/C20H23F2N3O3/c1-6-17(28-16-8-7-13(21)9-15(16)22)25-18-11(2)23-10-14(18)19(26)24-12(3)20(4,5)27/h6-10,12,23,27H,2H2,1,3-5H3,(H,24,26)/b17-6+,25-18?/t12-/m0/s1. The smallest absolute Gasteiger partial charge is 0.255 e. The number of carbonyl (C=O) groups is 1. The Morgan fingerprint density at radius 1 is 1.43 bits per heavy atom. The van der Waals surface area contributed by atoms with Gasteiger partial charge in [-0.1, -0.05) is 6.58 Å². The monoisotopic (exact) mass is 391 g/mol. The van der Waals surface area contributed by atoms with Gasteiger partial charge in [0.2, 0.25) is 5.88 Å². The number of halogens is 2. The van der Waals surface area contributed by atoms with Crippen molar-refractivity contribution in [1.82, 2.24) is 10.6 Å². The van der Waals surface area contributed by atoms with Gasteiger partial charge in [0.15, 0.2) is 11.6 Å². The molecule has 0 aliphatic carbocycles. The number of hydrogen-bond donors (Lipinski definition) is 3. The summed E-state index contributed by atoms with van der Waals surface area (Å²) in [6.07, 6.45) is 2.90. The van der Waals surface area contributed by atoms with Crippen LogP contribution in [0.25, 0.3) is 0 Å². The second kappa shape index (κ2) is 8.35. The van der Waals surface area contributed by atoms with Crippen LogP contribution in [0.1, 0.15) is 27.7 Å². The number of benzene rings is 1. The quantitative estimate of drug-likeness (QED) is 0.651. The molecule has 0 aromatic heterocycles. The van der Waals surface area contributed by atoms with E-state index in [2.05, 4.69) is 22.2 Å². The molecule has 0 unspecified atom stereocenters. The highest BCUT2D eigenvalue weighted by Crippen LogP contribution is 2.22. The van der Waals surface area contributed by atoms with E-state index >= 15 is 0 Å². The molecule has 1 aliphatic heterocycles. The highest BCUT2D eigenvalue weighted by atomic mass is 19.1. The first-order valence-electron chi connectivity index (χ1n) is 8.60. The Labute approximate surface area is 162 Å². The summed E-state index contributed by atoms with van der Waals surface area (Å²) >= 11 is 0. The third-order valence-electron chi connectivity index (χ3n) is 4.16. The first kappa shape index (κ1) is 21.3. The zero-order valence-electron chi connectivity index (χ0n) is 16.1. The molecule has 0 bridgehead atoms. The lowest BCUT2D eigenvalue weighted by Gasteiger charge is -2.26. The molecule has 1 aliphatic rings. The van der Waals surface area contributed by atoms with Crippen LogP contribution in [-0.2, 0) is 4.79 Å². The fourth-order valence-electron chi connectivity index (χ4n) is 2.14. The summed E-state index contributed by atoms with van der Waals surface area (Å²) in [6, 6.07) is 2.38. The van der Waals surface area contributed by atoms with Crippen molar-refractivity contribution in [2.45, 2.75) is 39.3 Å². The lowest BCUT2D eigenvalue weighted by molar-refractivity contribution is -0.119. The van der Waals surface area contributed by atoms with E-state index in [0.29, 0.717) is 11.8 Å². The third-order valence-corrected chi connectivity index (χ3v) is 4.16. The van der Waals surface area contributed by atoms with E-state index in [1.807, 2.05) is 0 Å². The third kappa shape index (κ3) is 5.04. The second-order valence-electron chi connectivity index (χ2n) is 6.79. The second-order valence-corrected chi connectivity index (χ2v) is 6.79. The first-order valence-corrected chi connectivity index (χ1v) is 8.60. The van der Waals surface area contributed by atoms with Crippen molar-refractivity contribution in [3.8, 4) is 5.75 Å². The van der Waals surface area contributed by atoms with Gasteiger partial charge in [0.25, 0.3) is 5.91 Å². The molecule has 1 aromatic rings. The maximum atomic E-state index is 13.8. The van der Waals surface area contributed by atoms with E-state index < -0.39 is 29.2 Å².